The van der Waals surface area contributed by atoms with E-state index in [0.717, 1.165) is 12.8 Å². The van der Waals surface area contributed by atoms with Crippen LogP contribution in [0.5, 0.6) is 0 Å². The summed E-state index contributed by atoms with van der Waals surface area (Å²) >= 11 is 0. The third-order valence-electron chi connectivity index (χ3n) is 3.24. The molecule has 0 spiro atoms. The lowest BCUT2D eigenvalue weighted by Gasteiger charge is -2.25. The molecule has 1 aliphatic carbocycles. The third kappa shape index (κ3) is 1.48. The zero-order valence-corrected chi connectivity index (χ0v) is 9.19. The number of benzene rings is 1. The van der Waals surface area contributed by atoms with Crippen molar-refractivity contribution in [3.63, 3.8) is 0 Å². The van der Waals surface area contributed by atoms with Crippen molar-refractivity contribution in [2.45, 2.75) is 44.7 Å². The summed E-state index contributed by atoms with van der Waals surface area (Å²) in [6.07, 6.45) is 2.57. The molecule has 0 unspecified atom stereocenters. The van der Waals surface area contributed by atoms with Gasteiger partial charge < -0.3 is 9.47 Å². The molecule has 15 heavy (non-hydrogen) atoms. The zero-order valence-electron chi connectivity index (χ0n) is 9.19. The fraction of sp³-hybridized carbons (Fsp3) is 0.538. The first-order chi connectivity index (χ1) is 7.16. The molecular formula is C13H16O2. The number of aryl methyl sites for hydroxylation is 1. The van der Waals surface area contributed by atoms with E-state index in [1.165, 1.54) is 11.1 Å². The van der Waals surface area contributed by atoms with E-state index in [0.29, 0.717) is 0 Å². The van der Waals surface area contributed by atoms with Crippen molar-refractivity contribution >= 4 is 0 Å². The smallest absolute Gasteiger partial charge is 0.164 e. The summed E-state index contributed by atoms with van der Waals surface area (Å²) < 4.78 is 11.8. The largest absolute Gasteiger partial charge is 0.344 e. The summed E-state index contributed by atoms with van der Waals surface area (Å²) in [5.74, 6) is -0.424. The summed E-state index contributed by atoms with van der Waals surface area (Å²) in [5.41, 5.74) is 2.74. The minimum absolute atomic E-state index is 0.143. The van der Waals surface area contributed by atoms with Gasteiger partial charge in [-0.15, -0.1) is 0 Å². The van der Waals surface area contributed by atoms with Gasteiger partial charge in [-0.2, -0.15) is 0 Å². The number of fused-ring (bicyclic) bond motifs is 3. The first kappa shape index (κ1) is 9.37. The molecule has 2 atom stereocenters. The lowest BCUT2D eigenvalue weighted by molar-refractivity contribution is -0.146. The lowest BCUT2D eigenvalue weighted by atomic mass is 9.88. The van der Waals surface area contributed by atoms with Crippen LogP contribution < -0.4 is 0 Å². The lowest BCUT2D eigenvalue weighted by Crippen LogP contribution is -2.23. The molecule has 1 saturated heterocycles. The Kier molecular flexibility index (Phi) is 1.91. The van der Waals surface area contributed by atoms with E-state index in [9.17, 15) is 0 Å². The molecule has 0 amide bonds. The van der Waals surface area contributed by atoms with Crippen LogP contribution in [0.1, 0.15) is 37.5 Å². The average Bonchev–Trinajstić information content (AvgIpc) is 2.52. The molecular weight excluding hydrogens is 188 g/mol. The van der Waals surface area contributed by atoms with Gasteiger partial charge in [0.05, 0.1) is 6.10 Å². The van der Waals surface area contributed by atoms with Crippen LogP contribution in [-0.2, 0) is 15.9 Å². The van der Waals surface area contributed by atoms with Crippen LogP contribution in [0.2, 0.25) is 0 Å². The first-order valence-electron chi connectivity index (χ1n) is 5.59. The molecule has 80 valence electrons. The Morgan fingerprint density at radius 2 is 2.00 bits per heavy atom. The highest BCUT2D eigenvalue weighted by atomic mass is 16.7. The first-order valence-corrected chi connectivity index (χ1v) is 5.59. The molecule has 1 aromatic rings. The van der Waals surface area contributed by atoms with Gasteiger partial charge in [0.15, 0.2) is 5.79 Å². The number of hydrogen-bond acceptors (Lipinski definition) is 2. The third-order valence-corrected chi connectivity index (χ3v) is 3.24. The molecule has 0 N–H and O–H groups in total. The van der Waals surface area contributed by atoms with Gasteiger partial charge in [0.25, 0.3) is 0 Å². The van der Waals surface area contributed by atoms with Crippen molar-refractivity contribution in [3.05, 3.63) is 35.4 Å². The fourth-order valence-corrected chi connectivity index (χ4v) is 2.65. The maximum atomic E-state index is 5.96. The highest BCUT2D eigenvalue weighted by Crippen LogP contribution is 2.44. The van der Waals surface area contributed by atoms with Gasteiger partial charge in [0.1, 0.15) is 6.10 Å². The number of rotatable bonds is 0. The predicted octanol–water partition coefficient (Wildman–Crippen LogP) is 2.83. The quantitative estimate of drug-likeness (QED) is 0.647. The molecule has 0 bridgehead atoms. The van der Waals surface area contributed by atoms with Crippen LogP contribution in [0.4, 0.5) is 0 Å². The molecule has 2 nitrogen and oxygen atoms in total. The van der Waals surface area contributed by atoms with Crippen LogP contribution >= 0.6 is 0 Å². The molecule has 0 radical (unpaired) electrons. The van der Waals surface area contributed by atoms with Gasteiger partial charge in [-0.05, 0) is 37.8 Å². The van der Waals surface area contributed by atoms with Crippen LogP contribution in [0.15, 0.2) is 24.3 Å². The Morgan fingerprint density at radius 3 is 2.87 bits per heavy atom. The Labute approximate surface area is 90.2 Å². The number of hydrogen-bond donors (Lipinski definition) is 0. The maximum Gasteiger partial charge on any atom is 0.164 e. The van der Waals surface area contributed by atoms with E-state index in [1.54, 1.807) is 0 Å². The minimum Gasteiger partial charge on any atom is -0.344 e. The second-order valence-electron chi connectivity index (χ2n) is 4.83. The monoisotopic (exact) mass is 204 g/mol. The predicted molar refractivity (Wildman–Crippen MR) is 57.5 cm³/mol. The fourth-order valence-electron chi connectivity index (χ4n) is 2.65. The van der Waals surface area contributed by atoms with Gasteiger partial charge in [-0.3, -0.25) is 0 Å². The molecule has 0 saturated carbocycles. The zero-order chi connectivity index (χ0) is 10.5. The normalized spacial score (nSPS) is 32.1. The van der Waals surface area contributed by atoms with E-state index in [1.807, 2.05) is 13.8 Å². The Bertz CT molecular complexity index is 384. The Balaban J connectivity index is 2.00. The van der Waals surface area contributed by atoms with Gasteiger partial charge in [-0.25, -0.2) is 0 Å². The number of ether oxygens (including phenoxy) is 2. The topological polar surface area (TPSA) is 18.5 Å². The second kappa shape index (κ2) is 3.06. The summed E-state index contributed by atoms with van der Waals surface area (Å²) in [4.78, 5) is 0. The van der Waals surface area contributed by atoms with Crippen molar-refractivity contribution < 1.29 is 9.47 Å². The highest BCUT2D eigenvalue weighted by Gasteiger charge is 2.44. The van der Waals surface area contributed by atoms with Gasteiger partial charge >= 0.3 is 0 Å². The Morgan fingerprint density at radius 1 is 1.20 bits per heavy atom. The van der Waals surface area contributed by atoms with Crippen LogP contribution in [-0.4, -0.2) is 11.9 Å². The average molecular weight is 204 g/mol. The van der Waals surface area contributed by atoms with Crippen molar-refractivity contribution in [3.8, 4) is 0 Å². The molecule has 3 rings (SSSR count). The van der Waals surface area contributed by atoms with Crippen LogP contribution in [0.25, 0.3) is 0 Å². The standard InChI is InChI=1S/C13H16O2/c1-13(2)14-11-8-7-9-5-3-4-6-10(9)12(11)15-13/h3-6,11-12H,7-8H2,1-2H3/t11-,12+/m0/s1. The van der Waals surface area contributed by atoms with E-state index >= 15 is 0 Å². The molecule has 1 aromatic carbocycles. The molecule has 1 fully saturated rings. The molecule has 2 heteroatoms. The van der Waals surface area contributed by atoms with E-state index in [2.05, 4.69) is 24.3 Å². The van der Waals surface area contributed by atoms with E-state index in [-0.39, 0.29) is 12.2 Å². The van der Waals surface area contributed by atoms with Crippen molar-refractivity contribution in [2.24, 2.45) is 0 Å². The maximum absolute atomic E-state index is 5.96. The van der Waals surface area contributed by atoms with Crippen LogP contribution in [0, 0.1) is 0 Å². The van der Waals surface area contributed by atoms with E-state index in [4.69, 9.17) is 9.47 Å². The highest BCUT2D eigenvalue weighted by molar-refractivity contribution is 5.33. The van der Waals surface area contributed by atoms with Crippen molar-refractivity contribution in [2.75, 3.05) is 0 Å². The summed E-state index contributed by atoms with van der Waals surface area (Å²) in [5, 5.41) is 0. The molecule has 1 heterocycles. The Hall–Kier alpha value is -0.860. The van der Waals surface area contributed by atoms with E-state index < -0.39 is 5.79 Å². The summed E-state index contributed by atoms with van der Waals surface area (Å²) in [6.45, 7) is 3.99. The van der Waals surface area contributed by atoms with Crippen molar-refractivity contribution in [1.82, 2.24) is 0 Å². The minimum atomic E-state index is -0.424. The summed E-state index contributed by atoms with van der Waals surface area (Å²) in [7, 11) is 0. The van der Waals surface area contributed by atoms with Gasteiger partial charge in [0.2, 0.25) is 0 Å². The molecule has 2 aliphatic rings. The SMILES string of the molecule is CC1(C)O[C@H]2CCc3ccccc3[C@H]2O1. The summed E-state index contributed by atoms with van der Waals surface area (Å²) in [6, 6.07) is 8.53. The molecule has 0 aromatic heterocycles. The van der Waals surface area contributed by atoms with Crippen molar-refractivity contribution in [1.29, 1.82) is 0 Å². The van der Waals surface area contributed by atoms with Crippen LogP contribution in [0.3, 0.4) is 0 Å². The second-order valence-corrected chi connectivity index (χ2v) is 4.83. The molecule has 1 aliphatic heterocycles. The van der Waals surface area contributed by atoms with Gasteiger partial charge in [0, 0.05) is 0 Å². The van der Waals surface area contributed by atoms with Gasteiger partial charge in [-0.1, -0.05) is 24.3 Å².